The fraction of sp³-hybridized carbons (Fsp3) is 0.200. The lowest BCUT2D eigenvalue weighted by Crippen LogP contribution is -2.28. The van der Waals surface area contributed by atoms with Gasteiger partial charge in [-0.05, 0) is 12.1 Å². The molecule has 0 bridgehead atoms. The molecule has 0 N–H and O–H groups in total. The molecule has 0 aliphatic carbocycles. The highest BCUT2D eigenvalue weighted by Gasteiger charge is 2.41. The predicted molar refractivity (Wildman–Crippen MR) is 50.1 cm³/mol. The molecule has 0 saturated heterocycles. The molecule has 7 heteroatoms. The van der Waals surface area contributed by atoms with Crippen molar-refractivity contribution in [2.45, 2.75) is 6.18 Å². The van der Waals surface area contributed by atoms with E-state index >= 15 is 0 Å². The van der Waals surface area contributed by atoms with Crippen molar-refractivity contribution in [1.29, 1.82) is 0 Å². The summed E-state index contributed by atoms with van der Waals surface area (Å²) >= 11 is 0. The van der Waals surface area contributed by atoms with Crippen molar-refractivity contribution < 1.29 is 32.2 Å². The first-order chi connectivity index (χ1) is 7.88. The van der Waals surface area contributed by atoms with Crippen LogP contribution < -0.4 is 9.47 Å². The van der Waals surface area contributed by atoms with Crippen LogP contribution in [0.25, 0.3) is 0 Å². The number of rotatable bonds is 3. The molecule has 1 rings (SSSR count). The molecule has 92 valence electrons. The second-order valence-corrected chi connectivity index (χ2v) is 2.91. The zero-order valence-electron chi connectivity index (χ0n) is 8.58. The minimum atomic E-state index is -5.12. The highest BCUT2D eigenvalue weighted by atomic mass is 19.4. The summed E-state index contributed by atoms with van der Waals surface area (Å²) in [6, 6.07) is 3.56. The number of carbonyl (C=O) groups excluding carboxylic acids is 2. The Balaban J connectivity index is 3.03. The molecule has 0 aliphatic heterocycles. The van der Waals surface area contributed by atoms with Gasteiger partial charge in [0.25, 0.3) is 0 Å². The van der Waals surface area contributed by atoms with Gasteiger partial charge in [-0.25, -0.2) is 4.79 Å². The van der Waals surface area contributed by atoms with Crippen LogP contribution in [0.3, 0.4) is 0 Å². The number of aldehydes is 1. The zero-order valence-corrected chi connectivity index (χ0v) is 8.58. The number of hydrogen-bond acceptors (Lipinski definition) is 4. The molecule has 0 saturated carbocycles. The number of carbonyl (C=O) groups is 2. The maximum absolute atomic E-state index is 12.0. The van der Waals surface area contributed by atoms with Crippen LogP contribution in [0.4, 0.5) is 13.2 Å². The summed E-state index contributed by atoms with van der Waals surface area (Å²) in [7, 11) is 1.28. The molecule has 0 radical (unpaired) electrons. The van der Waals surface area contributed by atoms with E-state index in [-0.39, 0.29) is 17.6 Å². The Hall–Kier alpha value is -2.05. The van der Waals surface area contributed by atoms with Crippen LogP contribution >= 0.6 is 0 Å². The van der Waals surface area contributed by atoms with Gasteiger partial charge in [0.2, 0.25) is 0 Å². The third kappa shape index (κ3) is 3.20. The van der Waals surface area contributed by atoms with E-state index in [9.17, 15) is 22.8 Å². The molecule has 1 aromatic carbocycles. The Labute approximate surface area is 93.9 Å². The van der Waals surface area contributed by atoms with E-state index in [1.165, 1.54) is 19.2 Å². The Kier molecular flexibility index (Phi) is 3.72. The average Bonchev–Trinajstić information content (AvgIpc) is 2.27. The molecular formula is C10H7F3O4. The summed E-state index contributed by atoms with van der Waals surface area (Å²) in [5.74, 6) is -2.73. The summed E-state index contributed by atoms with van der Waals surface area (Å²) in [5.41, 5.74) is -0.177. The maximum atomic E-state index is 12.0. The molecule has 0 unspecified atom stereocenters. The molecule has 0 aromatic heterocycles. The Bertz CT molecular complexity index is 440. The number of ether oxygens (including phenoxy) is 2. The quantitative estimate of drug-likeness (QED) is 0.466. The van der Waals surface area contributed by atoms with Gasteiger partial charge in [0.1, 0.15) is 11.5 Å². The monoisotopic (exact) mass is 248 g/mol. The smallest absolute Gasteiger partial charge is 0.491 e. The minimum absolute atomic E-state index is 0.167. The van der Waals surface area contributed by atoms with Gasteiger partial charge < -0.3 is 9.47 Å². The van der Waals surface area contributed by atoms with Gasteiger partial charge in [-0.3, -0.25) is 4.79 Å². The number of hydrogen-bond donors (Lipinski definition) is 0. The number of methoxy groups -OCH3 is 1. The van der Waals surface area contributed by atoms with Gasteiger partial charge in [0.15, 0.2) is 6.29 Å². The van der Waals surface area contributed by atoms with Gasteiger partial charge in [-0.1, -0.05) is 0 Å². The first kappa shape index (κ1) is 13.0. The second kappa shape index (κ2) is 4.86. The lowest BCUT2D eigenvalue weighted by atomic mass is 10.2. The van der Waals surface area contributed by atoms with Crippen LogP contribution in [0.5, 0.6) is 11.5 Å². The molecular weight excluding hydrogens is 241 g/mol. The van der Waals surface area contributed by atoms with Crippen LogP contribution in [0.1, 0.15) is 10.4 Å². The number of alkyl halides is 3. The third-order valence-electron chi connectivity index (χ3n) is 1.78. The topological polar surface area (TPSA) is 52.6 Å². The molecule has 1 aromatic rings. The van der Waals surface area contributed by atoms with E-state index in [0.717, 1.165) is 6.07 Å². The summed E-state index contributed by atoms with van der Waals surface area (Å²) in [6.45, 7) is 0. The van der Waals surface area contributed by atoms with Crippen molar-refractivity contribution in [3.05, 3.63) is 23.8 Å². The van der Waals surface area contributed by atoms with E-state index < -0.39 is 17.9 Å². The molecule has 17 heavy (non-hydrogen) atoms. The van der Waals surface area contributed by atoms with Gasteiger partial charge in [0.05, 0.1) is 12.7 Å². The molecule has 4 nitrogen and oxygen atoms in total. The molecule has 0 atom stereocenters. The highest BCUT2D eigenvalue weighted by molar-refractivity contribution is 5.84. The number of esters is 1. The largest absolute Gasteiger partial charge is 0.497 e. The van der Waals surface area contributed by atoms with Crippen LogP contribution in [-0.2, 0) is 4.79 Å². The lowest BCUT2D eigenvalue weighted by Gasteiger charge is -2.09. The van der Waals surface area contributed by atoms with Gasteiger partial charge >= 0.3 is 12.1 Å². The van der Waals surface area contributed by atoms with Crippen molar-refractivity contribution in [2.75, 3.05) is 7.11 Å². The van der Waals surface area contributed by atoms with Crippen LogP contribution in [0, 0.1) is 0 Å². The summed E-state index contributed by atoms with van der Waals surface area (Å²) in [5, 5.41) is 0. The SMILES string of the molecule is COc1ccc(C=O)c(OC(=O)C(F)(F)F)c1. The molecule has 0 spiro atoms. The first-order valence-electron chi connectivity index (χ1n) is 4.30. The third-order valence-corrected chi connectivity index (χ3v) is 1.78. The van der Waals surface area contributed by atoms with E-state index in [1.54, 1.807) is 0 Å². The van der Waals surface area contributed by atoms with Crippen molar-refractivity contribution in [3.8, 4) is 11.5 Å². The van der Waals surface area contributed by atoms with Crippen molar-refractivity contribution in [1.82, 2.24) is 0 Å². The fourth-order valence-electron chi connectivity index (χ4n) is 0.985. The Morgan fingerprint density at radius 1 is 1.35 bits per heavy atom. The Morgan fingerprint density at radius 2 is 2.00 bits per heavy atom. The van der Waals surface area contributed by atoms with Gasteiger partial charge in [-0.2, -0.15) is 13.2 Å². The van der Waals surface area contributed by atoms with E-state index in [1.807, 2.05) is 0 Å². The van der Waals surface area contributed by atoms with Crippen LogP contribution in [0.15, 0.2) is 18.2 Å². The average molecular weight is 248 g/mol. The number of benzene rings is 1. The van der Waals surface area contributed by atoms with E-state index in [4.69, 9.17) is 4.74 Å². The van der Waals surface area contributed by atoms with Crippen molar-refractivity contribution in [2.24, 2.45) is 0 Å². The fourth-order valence-corrected chi connectivity index (χ4v) is 0.985. The summed E-state index contributed by atoms with van der Waals surface area (Å²) in [4.78, 5) is 21.1. The van der Waals surface area contributed by atoms with E-state index in [0.29, 0.717) is 0 Å². The number of halogens is 3. The molecule has 0 aliphatic rings. The summed E-state index contributed by atoms with van der Waals surface area (Å²) in [6.07, 6.45) is -4.85. The standard InChI is InChI=1S/C10H7F3O4/c1-16-7-3-2-6(5-14)8(4-7)17-9(15)10(11,12)13/h2-5H,1H3. The maximum Gasteiger partial charge on any atom is 0.491 e. The van der Waals surface area contributed by atoms with Gasteiger partial charge in [0, 0.05) is 6.07 Å². The molecule has 0 amide bonds. The molecule has 0 fully saturated rings. The molecule has 0 heterocycles. The predicted octanol–water partition coefficient (Wildman–Crippen LogP) is 1.98. The van der Waals surface area contributed by atoms with Crippen molar-refractivity contribution >= 4 is 12.3 Å². The van der Waals surface area contributed by atoms with Gasteiger partial charge in [-0.15, -0.1) is 0 Å². The van der Waals surface area contributed by atoms with E-state index in [2.05, 4.69) is 4.74 Å². The second-order valence-electron chi connectivity index (χ2n) is 2.91. The highest BCUT2D eigenvalue weighted by Crippen LogP contribution is 2.26. The minimum Gasteiger partial charge on any atom is -0.497 e. The zero-order chi connectivity index (χ0) is 13.1. The lowest BCUT2D eigenvalue weighted by molar-refractivity contribution is -0.189. The summed E-state index contributed by atoms with van der Waals surface area (Å²) < 4.78 is 44.7. The van der Waals surface area contributed by atoms with Crippen molar-refractivity contribution in [3.63, 3.8) is 0 Å². The first-order valence-corrected chi connectivity index (χ1v) is 4.30. The normalized spacial score (nSPS) is 10.8. The Morgan fingerprint density at radius 3 is 2.47 bits per heavy atom. The van der Waals surface area contributed by atoms with Crippen LogP contribution in [0.2, 0.25) is 0 Å². The van der Waals surface area contributed by atoms with Crippen LogP contribution in [-0.4, -0.2) is 25.5 Å².